The smallest absolute Gasteiger partial charge is 0.313 e. The molecule has 7 nitrogen and oxygen atoms in total. The number of hydrogen-bond donors (Lipinski definition) is 3. The Hall–Kier alpha value is -3.20. The van der Waals surface area contributed by atoms with Crippen molar-refractivity contribution in [1.82, 2.24) is 5.32 Å². The number of nitrogens with one attached hydrogen (secondary N) is 2. The van der Waals surface area contributed by atoms with E-state index in [1.54, 1.807) is 18.2 Å². The summed E-state index contributed by atoms with van der Waals surface area (Å²) in [5.41, 5.74) is -0.00123. The van der Waals surface area contributed by atoms with Gasteiger partial charge in [0, 0.05) is 12.6 Å². The monoisotopic (exact) mass is 378 g/mol. The van der Waals surface area contributed by atoms with Crippen molar-refractivity contribution in [3.8, 4) is 11.5 Å². The highest BCUT2D eigenvalue weighted by Gasteiger charge is 2.19. The van der Waals surface area contributed by atoms with E-state index in [1.165, 1.54) is 0 Å². The molecule has 0 saturated carbocycles. The summed E-state index contributed by atoms with van der Waals surface area (Å²) in [6, 6.07) is 7.28. The van der Waals surface area contributed by atoms with Crippen molar-refractivity contribution >= 4 is 17.5 Å². The van der Waals surface area contributed by atoms with E-state index in [9.17, 15) is 23.5 Å². The number of anilines is 1. The second-order valence-corrected chi connectivity index (χ2v) is 5.71. The van der Waals surface area contributed by atoms with Crippen LogP contribution < -0.4 is 20.1 Å². The third kappa shape index (κ3) is 4.50. The summed E-state index contributed by atoms with van der Waals surface area (Å²) in [4.78, 5) is 23.6. The SMILES string of the molecule is O=C(NCC(O)c1ccc2c(c1)OCCO2)C(=O)Nc1cc(F)ccc1F. The van der Waals surface area contributed by atoms with Crippen LogP contribution in [-0.4, -0.2) is 36.7 Å². The molecule has 1 heterocycles. The summed E-state index contributed by atoms with van der Waals surface area (Å²) in [6.45, 7) is 0.559. The van der Waals surface area contributed by atoms with Crippen LogP contribution in [0.2, 0.25) is 0 Å². The number of aliphatic hydroxyl groups excluding tert-OH is 1. The maximum atomic E-state index is 13.5. The molecule has 1 aliphatic rings. The molecule has 0 bridgehead atoms. The second-order valence-electron chi connectivity index (χ2n) is 5.71. The van der Waals surface area contributed by atoms with Gasteiger partial charge in [-0.1, -0.05) is 6.07 Å². The molecule has 0 spiro atoms. The van der Waals surface area contributed by atoms with Gasteiger partial charge < -0.3 is 25.2 Å². The van der Waals surface area contributed by atoms with Crippen molar-refractivity contribution in [1.29, 1.82) is 0 Å². The Morgan fingerprint density at radius 1 is 1.04 bits per heavy atom. The van der Waals surface area contributed by atoms with Gasteiger partial charge in [-0.15, -0.1) is 0 Å². The minimum Gasteiger partial charge on any atom is -0.486 e. The maximum absolute atomic E-state index is 13.5. The topological polar surface area (TPSA) is 96.9 Å². The molecule has 1 atom stereocenters. The van der Waals surface area contributed by atoms with Crippen molar-refractivity contribution in [3.05, 3.63) is 53.6 Å². The lowest BCUT2D eigenvalue weighted by atomic mass is 10.1. The van der Waals surface area contributed by atoms with Gasteiger partial charge in [-0.2, -0.15) is 0 Å². The fraction of sp³-hybridized carbons (Fsp3) is 0.222. The predicted octanol–water partition coefficient (Wildman–Crippen LogP) is 1.52. The van der Waals surface area contributed by atoms with E-state index in [1.807, 2.05) is 5.32 Å². The minimum absolute atomic E-state index is 0.266. The van der Waals surface area contributed by atoms with Gasteiger partial charge >= 0.3 is 11.8 Å². The van der Waals surface area contributed by atoms with E-state index in [0.717, 1.165) is 18.2 Å². The van der Waals surface area contributed by atoms with Crippen LogP contribution in [0.1, 0.15) is 11.7 Å². The minimum atomic E-state index is -1.19. The third-order valence-electron chi connectivity index (χ3n) is 3.79. The average Bonchev–Trinajstić information content (AvgIpc) is 2.68. The molecule has 3 rings (SSSR count). The van der Waals surface area contributed by atoms with Gasteiger partial charge in [0.1, 0.15) is 24.8 Å². The molecule has 1 unspecified atom stereocenters. The van der Waals surface area contributed by atoms with Crippen LogP contribution in [0, 0.1) is 11.6 Å². The lowest BCUT2D eigenvalue weighted by Crippen LogP contribution is -2.37. The number of fused-ring (bicyclic) bond motifs is 1. The third-order valence-corrected chi connectivity index (χ3v) is 3.79. The van der Waals surface area contributed by atoms with Crippen LogP contribution in [0.5, 0.6) is 11.5 Å². The van der Waals surface area contributed by atoms with E-state index in [-0.39, 0.29) is 6.54 Å². The maximum Gasteiger partial charge on any atom is 0.313 e. The highest BCUT2D eigenvalue weighted by molar-refractivity contribution is 6.39. The first kappa shape index (κ1) is 18.6. The van der Waals surface area contributed by atoms with Crippen LogP contribution in [0.3, 0.4) is 0 Å². The Balaban J connectivity index is 1.56. The molecule has 3 N–H and O–H groups in total. The molecule has 2 aromatic carbocycles. The summed E-state index contributed by atoms with van der Waals surface area (Å²) < 4.78 is 37.4. The van der Waals surface area contributed by atoms with E-state index < -0.39 is 35.2 Å². The van der Waals surface area contributed by atoms with Crippen LogP contribution in [0.4, 0.5) is 14.5 Å². The number of ether oxygens (including phenoxy) is 2. The van der Waals surface area contributed by atoms with Crippen molar-refractivity contribution in [3.63, 3.8) is 0 Å². The zero-order chi connectivity index (χ0) is 19.4. The van der Waals surface area contributed by atoms with E-state index in [2.05, 4.69) is 5.32 Å². The Kier molecular flexibility index (Phi) is 5.51. The van der Waals surface area contributed by atoms with Gasteiger partial charge in [-0.3, -0.25) is 9.59 Å². The van der Waals surface area contributed by atoms with Crippen molar-refractivity contribution in [2.24, 2.45) is 0 Å². The van der Waals surface area contributed by atoms with Gasteiger partial charge in [0.05, 0.1) is 11.8 Å². The number of carbonyl (C=O) groups excluding carboxylic acids is 2. The average molecular weight is 378 g/mol. The number of rotatable bonds is 4. The normalized spacial score (nSPS) is 13.6. The largest absolute Gasteiger partial charge is 0.486 e. The number of hydrogen-bond acceptors (Lipinski definition) is 5. The number of carbonyl (C=O) groups is 2. The molecule has 0 fully saturated rings. The summed E-state index contributed by atoms with van der Waals surface area (Å²) in [5, 5.41) is 14.4. The number of aliphatic hydroxyl groups is 1. The van der Waals surface area contributed by atoms with Crippen molar-refractivity contribution in [2.45, 2.75) is 6.10 Å². The van der Waals surface area contributed by atoms with E-state index in [0.29, 0.717) is 30.3 Å². The zero-order valence-corrected chi connectivity index (χ0v) is 14.0. The molecule has 27 heavy (non-hydrogen) atoms. The molecule has 0 radical (unpaired) electrons. The molecule has 2 aromatic rings. The number of amides is 2. The quantitative estimate of drug-likeness (QED) is 0.701. The first-order valence-corrected chi connectivity index (χ1v) is 8.06. The number of halogens is 2. The van der Waals surface area contributed by atoms with Crippen molar-refractivity contribution < 1.29 is 33.0 Å². The first-order valence-electron chi connectivity index (χ1n) is 8.06. The molecule has 0 saturated heterocycles. The van der Waals surface area contributed by atoms with E-state index in [4.69, 9.17) is 9.47 Å². The molecule has 0 aliphatic carbocycles. The lowest BCUT2D eigenvalue weighted by Gasteiger charge is -2.20. The Bertz CT molecular complexity index is 875. The Morgan fingerprint density at radius 2 is 1.78 bits per heavy atom. The molecular formula is C18H16F2N2O5. The Labute approximate surface area is 152 Å². The molecule has 2 amide bonds. The van der Waals surface area contributed by atoms with Gasteiger partial charge in [0.15, 0.2) is 11.5 Å². The summed E-state index contributed by atoms with van der Waals surface area (Å²) in [7, 11) is 0. The van der Waals surface area contributed by atoms with Gasteiger partial charge in [0.25, 0.3) is 0 Å². The summed E-state index contributed by atoms with van der Waals surface area (Å²) in [5.74, 6) is -2.90. The Morgan fingerprint density at radius 3 is 2.56 bits per heavy atom. The molecule has 0 aromatic heterocycles. The second kappa shape index (κ2) is 8.00. The summed E-state index contributed by atoms with van der Waals surface area (Å²) >= 11 is 0. The standard InChI is InChI=1S/C18H16F2N2O5/c19-11-2-3-12(20)13(8-11)22-18(25)17(24)21-9-14(23)10-1-4-15-16(7-10)27-6-5-26-15/h1-4,7-8,14,23H,5-6,9H2,(H,21,24)(H,22,25). The van der Waals surface area contributed by atoms with Crippen LogP contribution >= 0.6 is 0 Å². The summed E-state index contributed by atoms with van der Waals surface area (Å²) in [6.07, 6.45) is -1.11. The number of benzene rings is 2. The fourth-order valence-corrected chi connectivity index (χ4v) is 2.43. The zero-order valence-electron chi connectivity index (χ0n) is 14.0. The van der Waals surface area contributed by atoms with Gasteiger partial charge in [-0.25, -0.2) is 8.78 Å². The molecule has 142 valence electrons. The van der Waals surface area contributed by atoms with Crippen LogP contribution in [-0.2, 0) is 9.59 Å². The molecule has 9 heteroatoms. The highest BCUT2D eigenvalue weighted by Crippen LogP contribution is 2.32. The predicted molar refractivity (Wildman–Crippen MR) is 90.4 cm³/mol. The van der Waals surface area contributed by atoms with E-state index >= 15 is 0 Å². The first-order chi connectivity index (χ1) is 12.9. The molecular weight excluding hydrogens is 362 g/mol. The van der Waals surface area contributed by atoms with Crippen LogP contribution in [0.25, 0.3) is 0 Å². The fourth-order valence-electron chi connectivity index (χ4n) is 2.43. The van der Waals surface area contributed by atoms with Crippen LogP contribution in [0.15, 0.2) is 36.4 Å². The lowest BCUT2D eigenvalue weighted by molar-refractivity contribution is -0.136. The highest BCUT2D eigenvalue weighted by atomic mass is 19.1. The van der Waals surface area contributed by atoms with Gasteiger partial charge in [-0.05, 0) is 29.8 Å². The molecule has 1 aliphatic heterocycles. The van der Waals surface area contributed by atoms with Gasteiger partial charge in [0.2, 0.25) is 0 Å². The van der Waals surface area contributed by atoms with Crippen molar-refractivity contribution in [2.75, 3.05) is 25.1 Å².